The normalized spacial score (nSPS) is 10.1. The highest BCUT2D eigenvalue weighted by molar-refractivity contribution is 6.05. The second kappa shape index (κ2) is 4.18. The van der Waals surface area contributed by atoms with Crippen LogP contribution in [0.25, 0.3) is 0 Å². The predicted octanol–water partition coefficient (Wildman–Crippen LogP) is 2.28. The second-order valence-electron chi connectivity index (χ2n) is 3.66. The molecule has 0 radical (unpaired) electrons. The number of carbonyl (C=O) groups excluding carboxylic acids is 1. The molecule has 0 aliphatic carbocycles. The van der Waals surface area contributed by atoms with Crippen LogP contribution in [-0.2, 0) is 0 Å². The van der Waals surface area contributed by atoms with Crippen molar-refractivity contribution in [3.63, 3.8) is 0 Å². The maximum Gasteiger partial charge on any atom is 0.258 e. The lowest BCUT2D eigenvalue weighted by Gasteiger charge is -2.08. The molecule has 16 heavy (non-hydrogen) atoms. The Morgan fingerprint density at radius 2 is 2.00 bits per heavy atom. The zero-order valence-corrected chi connectivity index (χ0v) is 9.24. The first-order valence-corrected chi connectivity index (χ1v) is 5.05. The minimum absolute atomic E-state index is 0.134. The van der Waals surface area contributed by atoms with E-state index in [1.807, 2.05) is 32.0 Å². The van der Waals surface area contributed by atoms with Gasteiger partial charge in [0.15, 0.2) is 0 Å². The van der Waals surface area contributed by atoms with E-state index in [1.165, 1.54) is 0 Å². The summed E-state index contributed by atoms with van der Waals surface area (Å²) >= 11 is 0. The van der Waals surface area contributed by atoms with Crippen molar-refractivity contribution in [2.75, 3.05) is 5.32 Å². The lowest BCUT2D eigenvalue weighted by atomic mass is 10.0. The van der Waals surface area contributed by atoms with Gasteiger partial charge in [0.1, 0.15) is 0 Å². The number of aromatic nitrogens is 2. The maximum atomic E-state index is 12.0. The van der Waals surface area contributed by atoms with Crippen LogP contribution in [0.1, 0.15) is 21.5 Å². The molecule has 0 spiro atoms. The summed E-state index contributed by atoms with van der Waals surface area (Å²) < 4.78 is 0. The molecule has 4 nitrogen and oxygen atoms in total. The molecule has 1 amide bonds. The number of amides is 1. The average Bonchev–Trinajstić information content (AvgIpc) is 2.70. The molecule has 2 rings (SSSR count). The molecule has 0 fully saturated rings. The van der Waals surface area contributed by atoms with Gasteiger partial charge in [-0.1, -0.05) is 18.2 Å². The molecule has 2 N–H and O–H groups in total. The number of rotatable bonds is 2. The number of hydrogen-bond donors (Lipinski definition) is 2. The van der Waals surface area contributed by atoms with Gasteiger partial charge in [-0.25, -0.2) is 4.98 Å². The first-order chi connectivity index (χ1) is 7.68. The molecule has 1 aromatic heterocycles. The summed E-state index contributed by atoms with van der Waals surface area (Å²) in [6.45, 7) is 3.84. The fourth-order valence-corrected chi connectivity index (χ4v) is 1.68. The summed E-state index contributed by atoms with van der Waals surface area (Å²) in [6, 6.07) is 5.78. The van der Waals surface area contributed by atoms with Gasteiger partial charge in [-0.3, -0.25) is 10.1 Å². The molecule has 1 aromatic carbocycles. The number of anilines is 1. The minimum Gasteiger partial charge on any atom is -0.331 e. The van der Waals surface area contributed by atoms with Gasteiger partial charge in [0.2, 0.25) is 5.95 Å². The summed E-state index contributed by atoms with van der Waals surface area (Å²) in [4.78, 5) is 18.8. The molecule has 0 atom stereocenters. The van der Waals surface area contributed by atoms with Gasteiger partial charge in [-0.2, -0.15) is 0 Å². The summed E-state index contributed by atoms with van der Waals surface area (Å²) in [5.74, 6) is 0.332. The van der Waals surface area contributed by atoms with E-state index in [1.54, 1.807) is 12.4 Å². The first kappa shape index (κ1) is 10.4. The Labute approximate surface area is 93.7 Å². The monoisotopic (exact) mass is 215 g/mol. The zero-order valence-electron chi connectivity index (χ0n) is 9.24. The van der Waals surface area contributed by atoms with Crippen LogP contribution in [0.15, 0.2) is 30.6 Å². The van der Waals surface area contributed by atoms with Gasteiger partial charge in [0.05, 0.1) is 0 Å². The molecular formula is C12H13N3O. The van der Waals surface area contributed by atoms with Crippen LogP contribution in [0.4, 0.5) is 5.95 Å². The fourth-order valence-electron chi connectivity index (χ4n) is 1.68. The van der Waals surface area contributed by atoms with Crippen molar-refractivity contribution >= 4 is 11.9 Å². The smallest absolute Gasteiger partial charge is 0.258 e. The number of aromatic amines is 1. The van der Waals surface area contributed by atoms with Crippen LogP contribution >= 0.6 is 0 Å². The van der Waals surface area contributed by atoms with E-state index in [-0.39, 0.29) is 5.91 Å². The third-order valence-electron chi connectivity index (χ3n) is 2.44. The number of imidazole rings is 1. The van der Waals surface area contributed by atoms with Crippen LogP contribution in [0.3, 0.4) is 0 Å². The van der Waals surface area contributed by atoms with E-state index >= 15 is 0 Å². The molecule has 0 unspecified atom stereocenters. The highest BCUT2D eigenvalue weighted by Crippen LogP contribution is 2.14. The molecule has 4 heteroatoms. The molecule has 0 bridgehead atoms. The molecule has 2 aromatic rings. The highest BCUT2D eigenvalue weighted by Gasteiger charge is 2.12. The van der Waals surface area contributed by atoms with Gasteiger partial charge in [0, 0.05) is 18.0 Å². The number of nitrogens with zero attached hydrogens (tertiary/aromatic N) is 1. The SMILES string of the molecule is Cc1cccc(C)c1C(=O)Nc1ncc[nH]1. The largest absolute Gasteiger partial charge is 0.331 e. The lowest BCUT2D eigenvalue weighted by Crippen LogP contribution is -2.15. The van der Waals surface area contributed by atoms with Gasteiger partial charge < -0.3 is 4.98 Å². The second-order valence-corrected chi connectivity index (χ2v) is 3.66. The van der Waals surface area contributed by atoms with E-state index in [4.69, 9.17) is 0 Å². The quantitative estimate of drug-likeness (QED) is 0.807. The molecule has 1 heterocycles. The predicted molar refractivity (Wildman–Crippen MR) is 62.5 cm³/mol. The van der Waals surface area contributed by atoms with Crippen molar-refractivity contribution in [3.05, 3.63) is 47.3 Å². The van der Waals surface area contributed by atoms with E-state index in [9.17, 15) is 4.79 Å². The molecule has 0 saturated carbocycles. The summed E-state index contributed by atoms with van der Waals surface area (Å²) in [5, 5.41) is 2.71. The molecule has 82 valence electrons. The van der Waals surface area contributed by atoms with Crippen LogP contribution in [0.5, 0.6) is 0 Å². The third-order valence-corrected chi connectivity index (χ3v) is 2.44. The molecule has 0 aliphatic rings. The number of hydrogen-bond acceptors (Lipinski definition) is 2. The standard InChI is InChI=1S/C12H13N3O/c1-8-4-3-5-9(2)10(8)11(16)15-12-13-6-7-14-12/h3-7H,1-2H3,(H2,13,14,15,16). The van der Waals surface area contributed by atoms with Crippen molar-refractivity contribution < 1.29 is 4.79 Å². The van der Waals surface area contributed by atoms with Gasteiger partial charge in [-0.15, -0.1) is 0 Å². The van der Waals surface area contributed by atoms with Crippen molar-refractivity contribution in [1.29, 1.82) is 0 Å². The minimum atomic E-state index is -0.134. The van der Waals surface area contributed by atoms with E-state index in [0.717, 1.165) is 11.1 Å². The number of H-pyrrole nitrogens is 1. The maximum absolute atomic E-state index is 12.0. The van der Waals surface area contributed by atoms with Gasteiger partial charge in [-0.05, 0) is 25.0 Å². The Hall–Kier alpha value is -2.10. The molecule has 0 saturated heterocycles. The number of aryl methyl sites for hydroxylation is 2. The third kappa shape index (κ3) is 1.95. The number of carbonyl (C=O) groups is 1. The molecular weight excluding hydrogens is 202 g/mol. The lowest BCUT2D eigenvalue weighted by molar-refractivity contribution is 0.102. The van der Waals surface area contributed by atoms with Crippen LogP contribution in [0, 0.1) is 13.8 Å². The zero-order chi connectivity index (χ0) is 11.5. The fraction of sp³-hybridized carbons (Fsp3) is 0.167. The number of benzene rings is 1. The first-order valence-electron chi connectivity index (χ1n) is 5.05. The van der Waals surface area contributed by atoms with Crippen molar-refractivity contribution in [2.45, 2.75) is 13.8 Å². The summed E-state index contributed by atoms with van der Waals surface area (Å²) in [6.07, 6.45) is 3.26. The van der Waals surface area contributed by atoms with Crippen LogP contribution < -0.4 is 5.32 Å². The van der Waals surface area contributed by atoms with Crippen molar-refractivity contribution in [1.82, 2.24) is 9.97 Å². The average molecular weight is 215 g/mol. The topological polar surface area (TPSA) is 57.8 Å². The Morgan fingerprint density at radius 1 is 1.31 bits per heavy atom. The van der Waals surface area contributed by atoms with Crippen molar-refractivity contribution in [3.8, 4) is 0 Å². The highest BCUT2D eigenvalue weighted by atomic mass is 16.1. The Morgan fingerprint density at radius 3 is 2.56 bits per heavy atom. The summed E-state index contributed by atoms with van der Waals surface area (Å²) in [7, 11) is 0. The van der Waals surface area contributed by atoms with E-state index in [2.05, 4.69) is 15.3 Å². The van der Waals surface area contributed by atoms with Crippen LogP contribution in [0.2, 0.25) is 0 Å². The number of nitrogens with one attached hydrogen (secondary N) is 2. The van der Waals surface area contributed by atoms with E-state index < -0.39 is 0 Å². The Bertz CT molecular complexity index is 483. The van der Waals surface area contributed by atoms with Gasteiger partial charge in [0.25, 0.3) is 5.91 Å². The Kier molecular flexibility index (Phi) is 2.72. The summed E-state index contributed by atoms with van der Waals surface area (Å²) in [5.41, 5.74) is 2.63. The van der Waals surface area contributed by atoms with Gasteiger partial charge >= 0.3 is 0 Å². The van der Waals surface area contributed by atoms with Crippen molar-refractivity contribution in [2.24, 2.45) is 0 Å². The molecule has 0 aliphatic heterocycles. The Balaban J connectivity index is 2.28. The van der Waals surface area contributed by atoms with Crippen LogP contribution in [-0.4, -0.2) is 15.9 Å². The van der Waals surface area contributed by atoms with E-state index in [0.29, 0.717) is 11.5 Å².